The van der Waals surface area contributed by atoms with Crippen LogP contribution in [-0.2, 0) is 0 Å². The summed E-state index contributed by atoms with van der Waals surface area (Å²) in [5, 5.41) is 11.8. The monoisotopic (exact) mass is 260 g/mol. The van der Waals surface area contributed by atoms with Gasteiger partial charge in [-0.05, 0) is 42.8 Å². The Morgan fingerprint density at radius 3 is 2.68 bits per heavy atom. The Labute approximate surface area is 109 Å². The molecule has 4 N–H and O–H groups in total. The van der Waals surface area contributed by atoms with Gasteiger partial charge in [0.1, 0.15) is 17.3 Å². The number of halogens is 1. The van der Waals surface area contributed by atoms with Gasteiger partial charge in [-0.1, -0.05) is 6.07 Å². The summed E-state index contributed by atoms with van der Waals surface area (Å²) in [6.45, 7) is 1.67. The number of benzene rings is 2. The zero-order valence-electron chi connectivity index (χ0n) is 10.3. The Hall–Kier alpha value is -2.56. The van der Waals surface area contributed by atoms with Crippen molar-refractivity contribution in [2.24, 2.45) is 0 Å². The molecule has 0 bridgehead atoms. The van der Waals surface area contributed by atoms with Gasteiger partial charge in [0.15, 0.2) is 0 Å². The van der Waals surface area contributed by atoms with Gasteiger partial charge in [0.2, 0.25) is 0 Å². The third-order valence-electron chi connectivity index (χ3n) is 2.74. The number of phenolic OH excluding ortho intramolecular Hbond substituents is 1. The standard InChI is InChI=1S/C14H13FN2O2/c1-8-7-9(5-6-12(8)18)14(19)17-13-10(15)3-2-4-11(13)16/h2-7,18H,16H2,1H3,(H,17,19). The molecule has 0 fully saturated rings. The molecule has 0 aliphatic carbocycles. The van der Waals surface area contributed by atoms with Crippen LogP contribution >= 0.6 is 0 Å². The van der Waals surface area contributed by atoms with Crippen molar-refractivity contribution in [3.05, 3.63) is 53.3 Å². The van der Waals surface area contributed by atoms with E-state index in [1.165, 1.54) is 36.4 Å². The fourth-order valence-corrected chi connectivity index (χ4v) is 1.66. The van der Waals surface area contributed by atoms with Gasteiger partial charge in [-0.2, -0.15) is 0 Å². The molecule has 1 amide bonds. The first-order valence-corrected chi connectivity index (χ1v) is 5.64. The number of carbonyl (C=O) groups is 1. The van der Waals surface area contributed by atoms with Crippen molar-refractivity contribution in [3.8, 4) is 5.75 Å². The second-order valence-electron chi connectivity index (χ2n) is 4.16. The molecule has 0 aromatic heterocycles. The Kier molecular flexibility index (Phi) is 3.37. The molecular weight excluding hydrogens is 247 g/mol. The summed E-state index contributed by atoms with van der Waals surface area (Å²) in [4.78, 5) is 12.0. The van der Waals surface area contributed by atoms with Gasteiger partial charge in [0.05, 0.1) is 5.69 Å². The van der Waals surface area contributed by atoms with Gasteiger partial charge in [0.25, 0.3) is 5.91 Å². The average Bonchev–Trinajstić information content (AvgIpc) is 2.37. The lowest BCUT2D eigenvalue weighted by molar-refractivity contribution is 0.102. The van der Waals surface area contributed by atoms with Crippen LogP contribution in [-0.4, -0.2) is 11.0 Å². The maximum absolute atomic E-state index is 13.5. The molecule has 98 valence electrons. The lowest BCUT2D eigenvalue weighted by Gasteiger charge is -2.09. The van der Waals surface area contributed by atoms with Crippen LogP contribution in [0.5, 0.6) is 5.75 Å². The number of hydrogen-bond acceptors (Lipinski definition) is 3. The number of nitrogens with one attached hydrogen (secondary N) is 1. The van der Waals surface area contributed by atoms with Gasteiger partial charge in [-0.3, -0.25) is 4.79 Å². The normalized spacial score (nSPS) is 10.2. The quantitative estimate of drug-likeness (QED) is 0.727. The van der Waals surface area contributed by atoms with Gasteiger partial charge < -0.3 is 16.2 Å². The zero-order chi connectivity index (χ0) is 14.0. The van der Waals surface area contributed by atoms with E-state index in [0.717, 1.165) is 0 Å². The number of anilines is 2. The van der Waals surface area contributed by atoms with E-state index in [9.17, 15) is 14.3 Å². The fraction of sp³-hybridized carbons (Fsp3) is 0.0714. The van der Waals surface area contributed by atoms with E-state index in [4.69, 9.17) is 5.73 Å². The second-order valence-corrected chi connectivity index (χ2v) is 4.16. The molecule has 2 rings (SSSR count). The number of nitrogen functional groups attached to an aromatic ring is 1. The molecule has 0 atom stereocenters. The summed E-state index contributed by atoms with van der Waals surface area (Å²) in [5.74, 6) is -0.981. The van der Waals surface area contributed by atoms with Crippen LogP contribution in [0, 0.1) is 12.7 Å². The number of hydrogen-bond donors (Lipinski definition) is 3. The zero-order valence-corrected chi connectivity index (χ0v) is 10.3. The van der Waals surface area contributed by atoms with E-state index in [1.807, 2.05) is 0 Å². The first-order chi connectivity index (χ1) is 8.99. The van der Waals surface area contributed by atoms with Crippen molar-refractivity contribution >= 4 is 17.3 Å². The molecule has 0 spiro atoms. The number of rotatable bonds is 2. The van der Waals surface area contributed by atoms with Gasteiger partial charge in [-0.25, -0.2) is 4.39 Å². The third kappa shape index (κ3) is 2.65. The first-order valence-electron chi connectivity index (χ1n) is 5.64. The summed E-state index contributed by atoms with van der Waals surface area (Å²) >= 11 is 0. The predicted octanol–water partition coefficient (Wildman–Crippen LogP) is 2.67. The van der Waals surface area contributed by atoms with Crippen LogP contribution < -0.4 is 11.1 Å². The molecule has 0 unspecified atom stereocenters. The SMILES string of the molecule is Cc1cc(C(=O)Nc2c(N)cccc2F)ccc1O. The van der Waals surface area contributed by atoms with Crippen LogP contribution in [0.15, 0.2) is 36.4 Å². The van der Waals surface area contributed by atoms with Crippen LogP contribution in [0.3, 0.4) is 0 Å². The molecule has 0 aliphatic rings. The Bertz CT molecular complexity index is 621. The molecule has 0 radical (unpaired) electrons. The Morgan fingerprint density at radius 2 is 2.05 bits per heavy atom. The molecule has 0 heterocycles. The summed E-state index contributed by atoms with van der Waals surface area (Å²) < 4.78 is 13.5. The molecule has 2 aromatic rings. The van der Waals surface area contributed by atoms with E-state index in [-0.39, 0.29) is 17.1 Å². The predicted molar refractivity (Wildman–Crippen MR) is 71.6 cm³/mol. The average molecular weight is 260 g/mol. The molecule has 0 saturated heterocycles. The minimum absolute atomic E-state index is 0.0433. The van der Waals surface area contributed by atoms with E-state index in [1.54, 1.807) is 6.92 Å². The second kappa shape index (κ2) is 4.97. The van der Waals surface area contributed by atoms with Crippen LogP contribution in [0.4, 0.5) is 15.8 Å². The largest absolute Gasteiger partial charge is 0.508 e. The smallest absolute Gasteiger partial charge is 0.255 e. The minimum atomic E-state index is -0.594. The van der Waals surface area contributed by atoms with E-state index >= 15 is 0 Å². The van der Waals surface area contributed by atoms with Crippen molar-refractivity contribution in [1.29, 1.82) is 0 Å². The number of aryl methyl sites for hydroxylation is 1. The number of carbonyl (C=O) groups excluding carboxylic acids is 1. The van der Waals surface area contributed by atoms with E-state index in [0.29, 0.717) is 11.1 Å². The first kappa shape index (κ1) is 12.9. The number of para-hydroxylation sites is 1. The van der Waals surface area contributed by atoms with E-state index < -0.39 is 11.7 Å². The van der Waals surface area contributed by atoms with Gasteiger partial charge >= 0.3 is 0 Å². The van der Waals surface area contributed by atoms with Gasteiger partial charge in [-0.15, -0.1) is 0 Å². The summed E-state index contributed by atoms with van der Waals surface area (Å²) in [6.07, 6.45) is 0. The lowest BCUT2D eigenvalue weighted by Crippen LogP contribution is -2.14. The van der Waals surface area contributed by atoms with Crippen LogP contribution in [0.2, 0.25) is 0 Å². The van der Waals surface area contributed by atoms with Crippen LogP contribution in [0.25, 0.3) is 0 Å². The highest BCUT2D eigenvalue weighted by atomic mass is 19.1. The third-order valence-corrected chi connectivity index (χ3v) is 2.74. The molecule has 2 aromatic carbocycles. The highest BCUT2D eigenvalue weighted by molar-refractivity contribution is 6.06. The highest BCUT2D eigenvalue weighted by Gasteiger charge is 2.12. The van der Waals surface area contributed by atoms with Crippen molar-refractivity contribution in [2.45, 2.75) is 6.92 Å². The maximum Gasteiger partial charge on any atom is 0.255 e. The van der Waals surface area contributed by atoms with E-state index in [2.05, 4.69) is 5.32 Å². The summed E-state index contributed by atoms with van der Waals surface area (Å²) in [7, 11) is 0. The highest BCUT2D eigenvalue weighted by Crippen LogP contribution is 2.23. The number of amides is 1. The molecular formula is C14H13FN2O2. The van der Waals surface area contributed by atoms with Gasteiger partial charge in [0, 0.05) is 5.56 Å². The number of nitrogens with two attached hydrogens (primary N) is 1. The molecule has 0 aliphatic heterocycles. The molecule has 5 heteroatoms. The summed E-state index contributed by atoms with van der Waals surface area (Å²) in [6, 6.07) is 8.56. The fourth-order valence-electron chi connectivity index (χ4n) is 1.66. The Morgan fingerprint density at radius 1 is 1.32 bits per heavy atom. The lowest BCUT2D eigenvalue weighted by atomic mass is 10.1. The summed E-state index contributed by atoms with van der Waals surface area (Å²) in [5.41, 5.74) is 6.60. The van der Waals surface area contributed by atoms with Crippen molar-refractivity contribution < 1.29 is 14.3 Å². The molecule has 19 heavy (non-hydrogen) atoms. The minimum Gasteiger partial charge on any atom is -0.508 e. The van der Waals surface area contributed by atoms with Crippen LogP contribution in [0.1, 0.15) is 15.9 Å². The molecule has 4 nitrogen and oxygen atoms in total. The number of aromatic hydroxyl groups is 1. The van der Waals surface area contributed by atoms with Crippen molar-refractivity contribution in [3.63, 3.8) is 0 Å². The topological polar surface area (TPSA) is 75.4 Å². The number of phenols is 1. The maximum atomic E-state index is 13.5. The Balaban J connectivity index is 2.28. The van der Waals surface area contributed by atoms with Crippen molar-refractivity contribution in [1.82, 2.24) is 0 Å². The van der Waals surface area contributed by atoms with Crippen molar-refractivity contribution in [2.75, 3.05) is 11.1 Å². The molecule has 0 saturated carbocycles.